The second-order valence-electron chi connectivity index (χ2n) is 10.7. The average Bonchev–Trinajstić information content (AvgIpc) is 3.02. The summed E-state index contributed by atoms with van der Waals surface area (Å²) in [6.07, 6.45) is 3.97. The monoisotopic (exact) mass is 470 g/mol. The lowest BCUT2D eigenvalue weighted by molar-refractivity contribution is -0.135. The van der Waals surface area contributed by atoms with Crippen LogP contribution in [0, 0.1) is 17.3 Å². The predicted octanol–water partition coefficient (Wildman–Crippen LogP) is 3.93. The SMILES string of the molecule is CCC(C)(C)C1CCC2(CC1)NC(=O)N(CC(=O)Nc1ccccc1C(=O)NCC(C)C)C2=O. The van der Waals surface area contributed by atoms with Gasteiger partial charge in [-0.25, -0.2) is 4.79 Å². The molecule has 1 aliphatic carbocycles. The zero-order valence-corrected chi connectivity index (χ0v) is 21.0. The van der Waals surface area contributed by atoms with Gasteiger partial charge in [0.05, 0.1) is 11.3 Å². The van der Waals surface area contributed by atoms with E-state index in [1.807, 2.05) is 13.8 Å². The van der Waals surface area contributed by atoms with Crippen LogP contribution in [0.5, 0.6) is 0 Å². The van der Waals surface area contributed by atoms with E-state index in [2.05, 4.69) is 36.7 Å². The second kappa shape index (κ2) is 10.2. The molecule has 0 atom stereocenters. The molecule has 1 aliphatic heterocycles. The topological polar surface area (TPSA) is 108 Å². The lowest BCUT2D eigenvalue weighted by Gasteiger charge is -2.42. The molecule has 8 nitrogen and oxygen atoms in total. The summed E-state index contributed by atoms with van der Waals surface area (Å²) >= 11 is 0. The molecule has 0 bridgehead atoms. The van der Waals surface area contributed by atoms with Gasteiger partial charge in [-0.3, -0.25) is 19.3 Å². The maximum Gasteiger partial charge on any atom is 0.325 e. The minimum atomic E-state index is -0.910. The molecule has 1 aromatic rings. The lowest BCUT2D eigenvalue weighted by Crippen LogP contribution is -2.51. The summed E-state index contributed by atoms with van der Waals surface area (Å²) in [6, 6.07) is 6.16. The average molecular weight is 471 g/mol. The van der Waals surface area contributed by atoms with Gasteiger partial charge in [-0.15, -0.1) is 0 Å². The van der Waals surface area contributed by atoms with Crippen LogP contribution in [0.25, 0.3) is 0 Å². The highest BCUT2D eigenvalue weighted by molar-refractivity contribution is 6.11. The summed E-state index contributed by atoms with van der Waals surface area (Å²) in [5.74, 6) is -0.344. The fraction of sp³-hybridized carbons (Fsp3) is 0.615. The van der Waals surface area contributed by atoms with E-state index in [0.29, 0.717) is 42.5 Å². The molecule has 1 heterocycles. The van der Waals surface area contributed by atoms with Crippen LogP contribution < -0.4 is 16.0 Å². The number of amides is 5. The smallest absolute Gasteiger partial charge is 0.325 e. The van der Waals surface area contributed by atoms with Crippen molar-refractivity contribution in [1.82, 2.24) is 15.5 Å². The fourth-order valence-electron chi connectivity index (χ4n) is 4.85. The Labute approximate surface area is 202 Å². The molecular weight excluding hydrogens is 432 g/mol. The molecule has 2 aliphatic rings. The number of benzene rings is 1. The third kappa shape index (κ3) is 5.42. The maximum absolute atomic E-state index is 13.2. The summed E-state index contributed by atoms with van der Waals surface area (Å²) in [5.41, 5.74) is -0.0338. The molecule has 1 saturated carbocycles. The molecule has 34 heavy (non-hydrogen) atoms. The minimum absolute atomic E-state index is 0.196. The van der Waals surface area contributed by atoms with E-state index in [-0.39, 0.29) is 17.2 Å². The summed E-state index contributed by atoms with van der Waals surface area (Å²) < 4.78 is 0. The first kappa shape index (κ1) is 25.7. The number of urea groups is 1. The van der Waals surface area contributed by atoms with E-state index in [1.54, 1.807) is 24.3 Å². The van der Waals surface area contributed by atoms with E-state index in [1.165, 1.54) is 0 Å². The third-order valence-electron chi connectivity index (χ3n) is 7.52. The number of para-hydroxylation sites is 1. The number of nitrogens with zero attached hydrogens (tertiary/aromatic N) is 1. The highest BCUT2D eigenvalue weighted by Crippen LogP contribution is 2.45. The maximum atomic E-state index is 13.2. The van der Waals surface area contributed by atoms with Gasteiger partial charge in [0.1, 0.15) is 12.1 Å². The minimum Gasteiger partial charge on any atom is -0.352 e. The van der Waals surface area contributed by atoms with Crippen LogP contribution in [-0.2, 0) is 9.59 Å². The van der Waals surface area contributed by atoms with Crippen molar-refractivity contribution in [2.24, 2.45) is 17.3 Å². The van der Waals surface area contributed by atoms with Crippen molar-refractivity contribution in [3.05, 3.63) is 29.8 Å². The molecule has 1 aromatic carbocycles. The van der Waals surface area contributed by atoms with Crippen LogP contribution in [0.4, 0.5) is 10.5 Å². The number of anilines is 1. The number of nitrogens with one attached hydrogen (secondary N) is 3. The van der Waals surface area contributed by atoms with Crippen molar-refractivity contribution in [1.29, 1.82) is 0 Å². The van der Waals surface area contributed by atoms with Crippen LogP contribution in [0.3, 0.4) is 0 Å². The van der Waals surface area contributed by atoms with Crippen molar-refractivity contribution in [3.63, 3.8) is 0 Å². The lowest BCUT2D eigenvalue weighted by atomic mass is 9.65. The van der Waals surface area contributed by atoms with E-state index in [9.17, 15) is 19.2 Å². The first-order chi connectivity index (χ1) is 16.0. The van der Waals surface area contributed by atoms with Crippen LogP contribution in [0.2, 0.25) is 0 Å². The Balaban J connectivity index is 1.64. The van der Waals surface area contributed by atoms with Gasteiger partial charge in [-0.05, 0) is 55.1 Å². The Morgan fingerprint density at radius 2 is 1.82 bits per heavy atom. The number of rotatable bonds is 8. The summed E-state index contributed by atoms with van der Waals surface area (Å²) in [4.78, 5) is 52.2. The normalized spacial score (nSPS) is 22.8. The molecule has 1 spiro atoms. The number of hydrogen-bond acceptors (Lipinski definition) is 4. The van der Waals surface area contributed by atoms with E-state index >= 15 is 0 Å². The van der Waals surface area contributed by atoms with Gasteiger partial charge in [0, 0.05) is 6.54 Å². The van der Waals surface area contributed by atoms with Crippen LogP contribution in [0.1, 0.15) is 77.1 Å². The molecule has 3 N–H and O–H groups in total. The largest absolute Gasteiger partial charge is 0.352 e. The van der Waals surface area contributed by atoms with Crippen molar-refractivity contribution in [2.45, 2.75) is 72.3 Å². The van der Waals surface area contributed by atoms with Gasteiger partial charge < -0.3 is 16.0 Å². The molecule has 186 valence electrons. The third-order valence-corrected chi connectivity index (χ3v) is 7.52. The van der Waals surface area contributed by atoms with Gasteiger partial charge in [-0.1, -0.05) is 53.2 Å². The molecule has 3 rings (SSSR count). The van der Waals surface area contributed by atoms with E-state index < -0.39 is 24.0 Å². The quantitative estimate of drug-likeness (QED) is 0.500. The molecular formula is C26H38N4O4. The van der Waals surface area contributed by atoms with Crippen molar-refractivity contribution in [2.75, 3.05) is 18.4 Å². The standard InChI is InChI=1S/C26H38N4O4/c1-6-25(4,5)18-11-13-26(14-12-18)23(33)30(24(34)29-26)16-21(31)28-20-10-8-7-9-19(20)22(32)27-15-17(2)3/h7-10,17-18H,6,11-16H2,1-5H3,(H,27,32)(H,28,31)(H,29,34). The second-order valence-corrected chi connectivity index (χ2v) is 10.7. The van der Waals surface area contributed by atoms with Gasteiger partial charge >= 0.3 is 6.03 Å². The van der Waals surface area contributed by atoms with Gasteiger partial charge in [0.2, 0.25) is 5.91 Å². The van der Waals surface area contributed by atoms with Gasteiger partial charge in [0.25, 0.3) is 11.8 Å². The summed E-state index contributed by atoms with van der Waals surface area (Å²) in [6.45, 7) is 10.8. The van der Waals surface area contributed by atoms with Crippen LogP contribution >= 0.6 is 0 Å². The molecule has 1 saturated heterocycles. The first-order valence-electron chi connectivity index (χ1n) is 12.3. The van der Waals surface area contributed by atoms with Crippen molar-refractivity contribution >= 4 is 29.4 Å². The number of carbonyl (C=O) groups excluding carboxylic acids is 4. The Morgan fingerprint density at radius 3 is 2.44 bits per heavy atom. The summed E-state index contributed by atoms with van der Waals surface area (Å²) in [7, 11) is 0. The Bertz CT molecular complexity index is 948. The molecule has 0 radical (unpaired) electrons. The van der Waals surface area contributed by atoms with Crippen molar-refractivity contribution in [3.8, 4) is 0 Å². The predicted molar refractivity (Wildman–Crippen MR) is 131 cm³/mol. The molecule has 0 unspecified atom stereocenters. The number of hydrogen-bond donors (Lipinski definition) is 3. The molecule has 2 fully saturated rings. The van der Waals surface area contributed by atoms with Crippen molar-refractivity contribution < 1.29 is 19.2 Å². The zero-order chi connectivity index (χ0) is 25.1. The van der Waals surface area contributed by atoms with Gasteiger partial charge in [-0.2, -0.15) is 0 Å². The van der Waals surface area contributed by atoms with E-state index in [0.717, 1.165) is 24.2 Å². The zero-order valence-electron chi connectivity index (χ0n) is 21.0. The first-order valence-corrected chi connectivity index (χ1v) is 12.3. The summed E-state index contributed by atoms with van der Waals surface area (Å²) in [5, 5.41) is 8.42. The molecule has 5 amide bonds. The van der Waals surface area contributed by atoms with Crippen LogP contribution in [-0.4, -0.2) is 47.3 Å². The number of imide groups is 1. The molecule has 8 heteroatoms. The fourth-order valence-corrected chi connectivity index (χ4v) is 4.85. The highest BCUT2D eigenvalue weighted by Gasteiger charge is 2.53. The highest BCUT2D eigenvalue weighted by atomic mass is 16.2. The Morgan fingerprint density at radius 1 is 1.18 bits per heavy atom. The Hall–Kier alpha value is -2.90. The Kier molecular flexibility index (Phi) is 7.68. The molecule has 0 aromatic heterocycles. The van der Waals surface area contributed by atoms with E-state index in [4.69, 9.17) is 0 Å². The van der Waals surface area contributed by atoms with Gasteiger partial charge in [0.15, 0.2) is 0 Å². The number of carbonyl (C=O) groups is 4. The van der Waals surface area contributed by atoms with Crippen LogP contribution in [0.15, 0.2) is 24.3 Å².